The largest absolute Gasteiger partial charge is 0.311 e. The monoisotopic (exact) mass is 274 g/mol. The number of fused-ring (bicyclic) bond motifs is 1. The van der Waals surface area contributed by atoms with Crippen LogP contribution in [0.1, 0.15) is 30.7 Å². The van der Waals surface area contributed by atoms with Crippen LogP contribution in [0.25, 0.3) is 11.0 Å². The summed E-state index contributed by atoms with van der Waals surface area (Å²) < 4.78 is 2.10. The summed E-state index contributed by atoms with van der Waals surface area (Å²) in [6.07, 6.45) is 3.67. The Balaban J connectivity index is 2.19. The molecule has 2 aromatic rings. The molecule has 1 saturated heterocycles. The fourth-order valence-electron chi connectivity index (χ4n) is 2.70. The molecule has 3 rings (SSSR count). The van der Waals surface area contributed by atoms with Crippen LogP contribution in [-0.2, 0) is 5.88 Å². The molecule has 0 spiro atoms. The van der Waals surface area contributed by atoms with Gasteiger partial charge in [0.25, 0.3) is 0 Å². The van der Waals surface area contributed by atoms with E-state index < -0.39 is 0 Å². The van der Waals surface area contributed by atoms with Crippen LogP contribution in [0.5, 0.6) is 0 Å². The Morgan fingerprint density at radius 1 is 1.26 bits per heavy atom. The fourth-order valence-corrected chi connectivity index (χ4v) is 2.88. The quantitative estimate of drug-likeness (QED) is 0.791. The van der Waals surface area contributed by atoms with Crippen molar-refractivity contribution in [1.82, 2.24) is 9.66 Å². The molecule has 0 bridgehead atoms. The number of alkyl halides is 1. The average Bonchev–Trinajstić information content (AvgIpc) is 2.86. The zero-order chi connectivity index (χ0) is 13.2. The smallest absolute Gasteiger partial charge is 0.143 e. The minimum atomic E-state index is 0.357. The number of aromatic nitrogens is 2. The number of para-hydroxylation sites is 1. The minimum Gasteiger partial charge on any atom is -0.311 e. The van der Waals surface area contributed by atoms with Gasteiger partial charge in [0, 0.05) is 13.1 Å². The Labute approximate surface area is 117 Å². The van der Waals surface area contributed by atoms with E-state index in [0.29, 0.717) is 11.4 Å². The standard InChI is InChI=1S/C14H15ClN4/c15-9-13-17-14-11(10-16)5-4-6-12(14)19(13)18-7-2-1-3-8-18/h4-6H,1-3,7-9H2. The van der Waals surface area contributed by atoms with Crippen LogP contribution in [0.4, 0.5) is 0 Å². The number of halogens is 1. The minimum absolute atomic E-state index is 0.357. The third-order valence-electron chi connectivity index (χ3n) is 3.58. The van der Waals surface area contributed by atoms with E-state index in [4.69, 9.17) is 11.6 Å². The lowest BCUT2D eigenvalue weighted by atomic mass is 10.1. The number of rotatable bonds is 2. The SMILES string of the molecule is N#Cc1cccc2c1nc(CCl)n2N1CCCCC1. The van der Waals surface area contributed by atoms with Gasteiger partial charge in [0.05, 0.1) is 17.0 Å². The second kappa shape index (κ2) is 5.10. The Hall–Kier alpha value is -1.73. The molecule has 0 amide bonds. The molecule has 1 aromatic heterocycles. The summed E-state index contributed by atoms with van der Waals surface area (Å²) in [6.45, 7) is 2.04. The van der Waals surface area contributed by atoms with Crippen molar-refractivity contribution in [2.24, 2.45) is 0 Å². The van der Waals surface area contributed by atoms with Gasteiger partial charge in [-0.1, -0.05) is 6.07 Å². The maximum atomic E-state index is 9.17. The van der Waals surface area contributed by atoms with Crippen LogP contribution in [0.2, 0.25) is 0 Å². The Morgan fingerprint density at radius 3 is 2.74 bits per heavy atom. The van der Waals surface area contributed by atoms with Gasteiger partial charge >= 0.3 is 0 Å². The van der Waals surface area contributed by atoms with Crippen LogP contribution in [0.15, 0.2) is 18.2 Å². The number of hydrogen-bond acceptors (Lipinski definition) is 3. The van der Waals surface area contributed by atoms with Crippen LogP contribution >= 0.6 is 11.6 Å². The first-order valence-electron chi connectivity index (χ1n) is 6.57. The average molecular weight is 275 g/mol. The van der Waals surface area contributed by atoms with E-state index in [2.05, 4.69) is 20.7 Å². The first kappa shape index (κ1) is 12.3. The van der Waals surface area contributed by atoms with Gasteiger partial charge in [0.1, 0.15) is 17.4 Å². The van der Waals surface area contributed by atoms with Crippen LogP contribution in [-0.4, -0.2) is 22.7 Å². The van der Waals surface area contributed by atoms with Gasteiger partial charge in [0.15, 0.2) is 0 Å². The number of hydrogen-bond donors (Lipinski definition) is 0. The lowest BCUT2D eigenvalue weighted by Crippen LogP contribution is -2.39. The molecule has 1 aromatic carbocycles. The summed E-state index contributed by atoms with van der Waals surface area (Å²) in [5.74, 6) is 1.18. The lowest BCUT2D eigenvalue weighted by molar-refractivity contribution is 0.478. The Bertz CT molecular complexity index is 635. The second-order valence-corrected chi connectivity index (χ2v) is 5.04. The van der Waals surface area contributed by atoms with Gasteiger partial charge < -0.3 is 5.01 Å². The van der Waals surface area contributed by atoms with E-state index in [9.17, 15) is 5.26 Å². The number of nitriles is 1. The van der Waals surface area contributed by atoms with Crippen LogP contribution < -0.4 is 5.01 Å². The highest BCUT2D eigenvalue weighted by molar-refractivity contribution is 6.16. The summed E-state index contributed by atoms with van der Waals surface area (Å²) in [4.78, 5) is 4.54. The van der Waals surface area contributed by atoms with E-state index in [-0.39, 0.29) is 0 Å². The molecule has 0 N–H and O–H groups in total. The fraction of sp³-hybridized carbons (Fsp3) is 0.429. The summed E-state index contributed by atoms with van der Waals surface area (Å²) in [7, 11) is 0. The van der Waals surface area contributed by atoms with Gasteiger partial charge in [0.2, 0.25) is 0 Å². The first-order valence-corrected chi connectivity index (χ1v) is 7.10. The summed E-state index contributed by atoms with van der Waals surface area (Å²) in [5, 5.41) is 11.5. The zero-order valence-electron chi connectivity index (χ0n) is 10.6. The Morgan fingerprint density at radius 2 is 2.05 bits per heavy atom. The molecule has 0 atom stereocenters. The maximum absolute atomic E-state index is 9.17. The van der Waals surface area contributed by atoms with Crippen LogP contribution in [0.3, 0.4) is 0 Å². The number of nitrogens with zero attached hydrogens (tertiary/aromatic N) is 4. The molecule has 0 saturated carbocycles. The van der Waals surface area contributed by atoms with Gasteiger partial charge in [-0.3, -0.25) is 0 Å². The summed E-state index contributed by atoms with van der Waals surface area (Å²) >= 11 is 6.03. The normalized spacial score (nSPS) is 15.7. The lowest BCUT2D eigenvalue weighted by Gasteiger charge is -2.31. The summed E-state index contributed by atoms with van der Waals surface area (Å²) in [6, 6.07) is 7.91. The molecule has 1 aliphatic rings. The predicted molar refractivity (Wildman–Crippen MR) is 75.8 cm³/mol. The van der Waals surface area contributed by atoms with E-state index in [1.807, 2.05) is 12.1 Å². The molecule has 4 nitrogen and oxygen atoms in total. The van der Waals surface area contributed by atoms with Crippen molar-refractivity contribution in [2.45, 2.75) is 25.1 Å². The van der Waals surface area contributed by atoms with Crippen molar-refractivity contribution in [3.05, 3.63) is 29.6 Å². The van der Waals surface area contributed by atoms with Gasteiger partial charge in [-0.2, -0.15) is 5.26 Å². The summed E-state index contributed by atoms with van der Waals surface area (Å²) in [5.41, 5.74) is 2.35. The van der Waals surface area contributed by atoms with Crippen molar-refractivity contribution in [3.8, 4) is 6.07 Å². The van der Waals surface area contributed by atoms with E-state index in [1.54, 1.807) is 6.07 Å². The topological polar surface area (TPSA) is 44.9 Å². The molecule has 98 valence electrons. The molecule has 2 heterocycles. The van der Waals surface area contributed by atoms with E-state index in [0.717, 1.165) is 29.9 Å². The highest BCUT2D eigenvalue weighted by atomic mass is 35.5. The van der Waals surface area contributed by atoms with Crippen molar-refractivity contribution in [2.75, 3.05) is 18.1 Å². The maximum Gasteiger partial charge on any atom is 0.143 e. The number of imidazole rings is 1. The van der Waals surface area contributed by atoms with Crippen molar-refractivity contribution in [1.29, 1.82) is 5.26 Å². The van der Waals surface area contributed by atoms with Gasteiger partial charge in [-0.15, -0.1) is 11.6 Å². The molecule has 0 radical (unpaired) electrons. The third kappa shape index (κ3) is 2.04. The predicted octanol–water partition coefficient (Wildman–Crippen LogP) is 2.77. The molecular formula is C14H15ClN4. The molecule has 1 fully saturated rings. The van der Waals surface area contributed by atoms with E-state index in [1.165, 1.54) is 19.3 Å². The van der Waals surface area contributed by atoms with Crippen LogP contribution in [0, 0.1) is 11.3 Å². The van der Waals surface area contributed by atoms with E-state index >= 15 is 0 Å². The Kier molecular flexibility index (Phi) is 3.31. The molecule has 0 aliphatic carbocycles. The zero-order valence-corrected chi connectivity index (χ0v) is 11.4. The van der Waals surface area contributed by atoms with Crippen molar-refractivity contribution >= 4 is 22.6 Å². The van der Waals surface area contributed by atoms with Crippen molar-refractivity contribution in [3.63, 3.8) is 0 Å². The molecule has 0 unspecified atom stereocenters. The molecule has 1 aliphatic heterocycles. The first-order chi connectivity index (χ1) is 9.35. The third-order valence-corrected chi connectivity index (χ3v) is 3.82. The second-order valence-electron chi connectivity index (χ2n) is 4.77. The molecule has 19 heavy (non-hydrogen) atoms. The number of piperidine rings is 1. The number of benzene rings is 1. The highest BCUT2D eigenvalue weighted by Crippen LogP contribution is 2.22. The van der Waals surface area contributed by atoms with Crippen molar-refractivity contribution < 1.29 is 0 Å². The van der Waals surface area contributed by atoms with Gasteiger partial charge in [-0.25, -0.2) is 9.66 Å². The highest BCUT2D eigenvalue weighted by Gasteiger charge is 2.19. The van der Waals surface area contributed by atoms with Gasteiger partial charge in [-0.05, 0) is 31.4 Å². The molecular weight excluding hydrogens is 260 g/mol. The molecule has 5 heteroatoms.